The van der Waals surface area contributed by atoms with Crippen molar-refractivity contribution in [3.8, 4) is 0 Å². The molecular weight excluding hydrogens is 364 g/mol. The van der Waals surface area contributed by atoms with E-state index in [0.717, 1.165) is 17.5 Å². The average molecular weight is 388 g/mol. The molecule has 1 heterocycles. The van der Waals surface area contributed by atoms with Gasteiger partial charge in [-0.3, -0.25) is 9.78 Å². The Bertz CT molecular complexity index is 902. The van der Waals surface area contributed by atoms with Gasteiger partial charge in [-0.1, -0.05) is 60.7 Å². The standard InChI is InChI=1S/C23H24N4O2/c28-22(26-20-12-14-24-15-13-20)21(17-19-9-5-2-6-10-19)27-23(29)25-16-11-18-7-3-1-4-8-18/h1-10,12-15,21H,11,16-17H2,(H,24,26,28)(H2,25,27,29)/t21-/m0/s1. The highest BCUT2D eigenvalue weighted by Crippen LogP contribution is 2.08. The number of aromatic nitrogens is 1. The predicted octanol–water partition coefficient (Wildman–Crippen LogP) is 3.17. The molecule has 3 N–H and O–H groups in total. The van der Waals surface area contributed by atoms with Crippen LogP contribution in [-0.2, 0) is 17.6 Å². The summed E-state index contributed by atoms with van der Waals surface area (Å²) >= 11 is 0. The number of nitrogens with zero attached hydrogens (tertiary/aromatic N) is 1. The average Bonchev–Trinajstić information content (AvgIpc) is 2.75. The maximum Gasteiger partial charge on any atom is 0.315 e. The van der Waals surface area contributed by atoms with Gasteiger partial charge in [0.2, 0.25) is 5.91 Å². The molecule has 0 saturated heterocycles. The van der Waals surface area contributed by atoms with Gasteiger partial charge in [-0.25, -0.2) is 4.79 Å². The van der Waals surface area contributed by atoms with Crippen molar-refractivity contribution >= 4 is 17.6 Å². The summed E-state index contributed by atoms with van der Waals surface area (Å²) in [6, 6.07) is 21.9. The largest absolute Gasteiger partial charge is 0.338 e. The summed E-state index contributed by atoms with van der Waals surface area (Å²) in [5.41, 5.74) is 2.74. The molecule has 0 radical (unpaired) electrons. The van der Waals surface area contributed by atoms with E-state index in [1.165, 1.54) is 0 Å². The van der Waals surface area contributed by atoms with Gasteiger partial charge in [-0.2, -0.15) is 0 Å². The molecule has 0 bridgehead atoms. The molecular formula is C23H24N4O2. The molecule has 0 aliphatic heterocycles. The topological polar surface area (TPSA) is 83.1 Å². The number of carbonyl (C=O) groups excluding carboxylic acids is 2. The van der Waals surface area contributed by atoms with Crippen LogP contribution in [0.4, 0.5) is 10.5 Å². The number of hydrogen-bond acceptors (Lipinski definition) is 3. The van der Waals surface area contributed by atoms with Crippen molar-refractivity contribution in [3.05, 3.63) is 96.3 Å². The second-order valence-corrected chi connectivity index (χ2v) is 6.60. The van der Waals surface area contributed by atoms with E-state index in [0.29, 0.717) is 18.7 Å². The van der Waals surface area contributed by atoms with Crippen LogP contribution in [0.1, 0.15) is 11.1 Å². The number of rotatable bonds is 8. The Morgan fingerprint density at radius 2 is 1.45 bits per heavy atom. The van der Waals surface area contributed by atoms with Crippen molar-refractivity contribution < 1.29 is 9.59 Å². The van der Waals surface area contributed by atoms with Gasteiger partial charge in [0.15, 0.2) is 0 Å². The van der Waals surface area contributed by atoms with E-state index < -0.39 is 6.04 Å². The number of pyridine rings is 1. The molecule has 0 unspecified atom stereocenters. The van der Waals surface area contributed by atoms with Crippen molar-refractivity contribution in [3.63, 3.8) is 0 Å². The van der Waals surface area contributed by atoms with E-state index in [1.54, 1.807) is 24.5 Å². The lowest BCUT2D eigenvalue weighted by Gasteiger charge is -2.19. The van der Waals surface area contributed by atoms with Crippen molar-refractivity contribution in [2.75, 3.05) is 11.9 Å². The first kappa shape index (κ1) is 20.1. The van der Waals surface area contributed by atoms with Crippen LogP contribution in [0.3, 0.4) is 0 Å². The summed E-state index contributed by atoms with van der Waals surface area (Å²) in [7, 11) is 0. The summed E-state index contributed by atoms with van der Waals surface area (Å²) in [5, 5.41) is 8.45. The number of anilines is 1. The normalized spacial score (nSPS) is 11.3. The number of nitrogens with one attached hydrogen (secondary N) is 3. The summed E-state index contributed by atoms with van der Waals surface area (Å²) in [4.78, 5) is 29.1. The van der Waals surface area contributed by atoms with Gasteiger partial charge >= 0.3 is 6.03 Å². The van der Waals surface area contributed by atoms with Crippen LogP contribution in [0.15, 0.2) is 85.2 Å². The number of hydrogen-bond donors (Lipinski definition) is 3. The molecule has 3 amide bonds. The Morgan fingerprint density at radius 1 is 0.828 bits per heavy atom. The number of amides is 3. The minimum Gasteiger partial charge on any atom is -0.338 e. The van der Waals surface area contributed by atoms with Gasteiger partial charge in [0.1, 0.15) is 6.04 Å². The molecule has 0 aliphatic carbocycles. The highest BCUT2D eigenvalue weighted by molar-refractivity contribution is 5.97. The van der Waals surface area contributed by atoms with Gasteiger partial charge in [0.05, 0.1) is 0 Å². The second-order valence-electron chi connectivity index (χ2n) is 6.60. The van der Waals surface area contributed by atoms with Gasteiger partial charge in [-0.15, -0.1) is 0 Å². The fourth-order valence-electron chi connectivity index (χ4n) is 2.90. The number of urea groups is 1. The monoisotopic (exact) mass is 388 g/mol. The molecule has 0 spiro atoms. The van der Waals surface area contributed by atoms with Crippen molar-refractivity contribution in [1.82, 2.24) is 15.6 Å². The minimum atomic E-state index is -0.706. The van der Waals surface area contributed by atoms with E-state index >= 15 is 0 Å². The zero-order valence-electron chi connectivity index (χ0n) is 16.0. The molecule has 6 heteroatoms. The zero-order chi connectivity index (χ0) is 20.3. The molecule has 0 fully saturated rings. The van der Waals surface area contributed by atoms with E-state index in [9.17, 15) is 9.59 Å². The number of benzene rings is 2. The van der Waals surface area contributed by atoms with Crippen molar-refractivity contribution in [1.29, 1.82) is 0 Å². The van der Waals surface area contributed by atoms with Crippen LogP contribution in [0.5, 0.6) is 0 Å². The Balaban J connectivity index is 1.59. The summed E-state index contributed by atoms with van der Waals surface area (Å²) < 4.78 is 0. The van der Waals surface area contributed by atoms with Gasteiger partial charge in [-0.05, 0) is 29.7 Å². The maximum absolute atomic E-state index is 12.8. The van der Waals surface area contributed by atoms with Crippen LogP contribution < -0.4 is 16.0 Å². The molecule has 148 valence electrons. The molecule has 2 aromatic carbocycles. The fraction of sp³-hybridized carbons (Fsp3) is 0.174. The molecule has 1 aromatic heterocycles. The lowest BCUT2D eigenvalue weighted by molar-refractivity contribution is -0.117. The third-order valence-corrected chi connectivity index (χ3v) is 4.39. The lowest BCUT2D eigenvalue weighted by atomic mass is 10.1. The van der Waals surface area contributed by atoms with Crippen molar-refractivity contribution in [2.45, 2.75) is 18.9 Å². The first-order chi connectivity index (χ1) is 14.2. The van der Waals surface area contributed by atoms with Gasteiger partial charge < -0.3 is 16.0 Å². The SMILES string of the molecule is O=C(NCCc1ccccc1)N[C@@H](Cc1ccccc1)C(=O)Nc1ccncc1. The number of carbonyl (C=O) groups is 2. The van der Waals surface area contributed by atoms with Crippen LogP contribution >= 0.6 is 0 Å². The third-order valence-electron chi connectivity index (χ3n) is 4.39. The van der Waals surface area contributed by atoms with Gasteiger partial charge in [0.25, 0.3) is 0 Å². The Hall–Kier alpha value is -3.67. The van der Waals surface area contributed by atoms with Crippen LogP contribution in [0.25, 0.3) is 0 Å². The highest BCUT2D eigenvalue weighted by atomic mass is 16.2. The third kappa shape index (κ3) is 6.77. The molecule has 1 atom stereocenters. The molecule has 29 heavy (non-hydrogen) atoms. The molecule has 0 aliphatic rings. The minimum absolute atomic E-state index is 0.279. The van der Waals surface area contributed by atoms with E-state index in [1.807, 2.05) is 60.7 Å². The molecule has 3 rings (SSSR count). The summed E-state index contributed by atoms with van der Waals surface area (Å²) in [5.74, 6) is -0.279. The maximum atomic E-state index is 12.8. The van der Waals surface area contributed by atoms with E-state index in [2.05, 4.69) is 20.9 Å². The van der Waals surface area contributed by atoms with Crippen molar-refractivity contribution in [2.24, 2.45) is 0 Å². The van der Waals surface area contributed by atoms with Crippen LogP contribution in [0.2, 0.25) is 0 Å². The smallest absolute Gasteiger partial charge is 0.315 e. The predicted molar refractivity (Wildman–Crippen MR) is 113 cm³/mol. The lowest BCUT2D eigenvalue weighted by Crippen LogP contribution is -2.49. The summed E-state index contributed by atoms with van der Waals surface area (Å²) in [6.45, 7) is 0.486. The van der Waals surface area contributed by atoms with E-state index in [-0.39, 0.29) is 11.9 Å². The Morgan fingerprint density at radius 3 is 2.10 bits per heavy atom. The fourth-order valence-corrected chi connectivity index (χ4v) is 2.90. The van der Waals surface area contributed by atoms with Crippen LogP contribution in [0, 0.1) is 0 Å². The molecule has 6 nitrogen and oxygen atoms in total. The van der Waals surface area contributed by atoms with E-state index in [4.69, 9.17) is 0 Å². The second kappa shape index (κ2) is 10.6. The molecule has 3 aromatic rings. The first-order valence-electron chi connectivity index (χ1n) is 9.54. The highest BCUT2D eigenvalue weighted by Gasteiger charge is 2.21. The van der Waals surface area contributed by atoms with Crippen LogP contribution in [-0.4, -0.2) is 29.5 Å². The Labute approximate surface area is 170 Å². The Kier molecular flexibility index (Phi) is 7.34. The quantitative estimate of drug-likeness (QED) is 0.554. The van der Waals surface area contributed by atoms with Gasteiger partial charge in [0, 0.05) is 31.0 Å². The summed E-state index contributed by atoms with van der Waals surface area (Å²) in [6.07, 6.45) is 4.32. The first-order valence-corrected chi connectivity index (χ1v) is 9.54. The molecule has 0 saturated carbocycles. The zero-order valence-corrected chi connectivity index (χ0v) is 16.0.